The second kappa shape index (κ2) is 6.21. The van der Waals surface area contributed by atoms with Crippen LogP contribution < -0.4 is 10.0 Å². The highest BCUT2D eigenvalue weighted by Crippen LogP contribution is 2.20. The van der Waals surface area contributed by atoms with Gasteiger partial charge in [0.1, 0.15) is 0 Å². The summed E-state index contributed by atoms with van der Waals surface area (Å²) in [6, 6.07) is 7.42. The first-order valence-corrected chi connectivity index (χ1v) is 8.76. The molecule has 0 amide bonds. The molecule has 2 rings (SSSR count). The second-order valence-electron chi connectivity index (χ2n) is 4.56. The normalized spacial score (nSPS) is 17.6. The van der Waals surface area contributed by atoms with Crippen molar-refractivity contribution in [1.29, 1.82) is 0 Å². The van der Waals surface area contributed by atoms with Crippen LogP contribution in [0.4, 0.5) is 5.69 Å². The van der Waals surface area contributed by atoms with Gasteiger partial charge in [0.15, 0.2) is 0 Å². The number of rotatable bonds is 4. The largest absolute Gasteiger partial charge is 0.317 e. The van der Waals surface area contributed by atoms with Crippen molar-refractivity contribution in [3.63, 3.8) is 0 Å². The van der Waals surface area contributed by atoms with Gasteiger partial charge in [0, 0.05) is 3.57 Å². The molecule has 1 aliphatic rings. The van der Waals surface area contributed by atoms with E-state index in [0.29, 0.717) is 5.69 Å². The van der Waals surface area contributed by atoms with Crippen LogP contribution in [-0.2, 0) is 10.0 Å². The van der Waals surface area contributed by atoms with Crippen LogP contribution in [0.2, 0.25) is 0 Å². The maximum absolute atomic E-state index is 12.1. The summed E-state index contributed by atoms with van der Waals surface area (Å²) >= 11 is 2.13. The summed E-state index contributed by atoms with van der Waals surface area (Å²) in [4.78, 5) is 0. The van der Waals surface area contributed by atoms with Crippen LogP contribution in [0.5, 0.6) is 0 Å². The minimum absolute atomic E-state index is 0.222. The molecule has 18 heavy (non-hydrogen) atoms. The van der Waals surface area contributed by atoms with Crippen molar-refractivity contribution in [3.8, 4) is 0 Å². The van der Waals surface area contributed by atoms with Crippen LogP contribution in [0, 0.1) is 9.49 Å². The van der Waals surface area contributed by atoms with Crippen LogP contribution in [0.15, 0.2) is 24.3 Å². The van der Waals surface area contributed by atoms with E-state index in [-0.39, 0.29) is 11.7 Å². The first-order chi connectivity index (χ1) is 8.57. The fraction of sp³-hybridized carbons (Fsp3) is 0.500. The smallest absolute Gasteiger partial charge is 0.233 e. The molecule has 1 aliphatic heterocycles. The predicted octanol–water partition coefficient (Wildman–Crippen LogP) is 2.03. The van der Waals surface area contributed by atoms with Crippen molar-refractivity contribution < 1.29 is 8.42 Å². The molecule has 1 heterocycles. The van der Waals surface area contributed by atoms with Crippen LogP contribution >= 0.6 is 22.6 Å². The van der Waals surface area contributed by atoms with Crippen molar-refractivity contribution in [2.45, 2.75) is 12.8 Å². The Bertz CT molecular complexity index is 499. The Hall–Kier alpha value is -0.340. The molecule has 0 atom stereocenters. The zero-order valence-electron chi connectivity index (χ0n) is 10.0. The van der Waals surface area contributed by atoms with Crippen LogP contribution in [-0.4, -0.2) is 27.3 Å². The van der Waals surface area contributed by atoms with Gasteiger partial charge < -0.3 is 5.32 Å². The zero-order valence-corrected chi connectivity index (χ0v) is 13.0. The van der Waals surface area contributed by atoms with E-state index >= 15 is 0 Å². The molecule has 2 N–H and O–H groups in total. The molecule has 1 aromatic carbocycles. The fourth-order valence-electron chi connectivity index (χ4n) is 2.11. The lowest BCUT2D eigenvalue weighted by molar-refractivity contribution is 0.402. The van der Waals surface area contributed by atoms with Gasteiger partial charge in [-0.15, -0.1) is 0 Å². The van der Waals surface area contributed by atoms with E-state index < -0.39 is 10.0 Å². The molecular weight excluding hydrogens is 363 g/mol. The van der Waals surface area contributed by atoms with Gasteiger partial charge >= 0.3 is 0 Å². The Morgan fingerprint density at radius 2 is 1.94 bits per heavy atom. The summed E-state index contributed by atoms with van der Waals surface area (Å²) < 4.78 is 27.8. The van der Waals surface area contributed by atoms with Gasteiger partial charge in [-0.1, -0.05) is 12.1 Å². The Kier molecular flexibility index (Phi) is 4.85. The summed E-state index contributed by atoms with van der Waals surface area (Å²) in [7, 11) is -3.24. The quantitative estimate of drug-likeness (QED) is 0.786. The second-order valence-corrected chi connectivity index (χ2v) is 7.49. The number of benzene rings is 1. The summed E-state index contributed by atoms with van der Waals surface area (Å²) in [6.07, 6.45) is 1.87. The summed E-state index contributed by atoms with van der Waals surface area (Å²) in [5, 5.41) is 3.24. The fourth-order valence-corrected chi connectivity index (χ4v) is 4.37. The molecule has 100 valence electrons. The Morgan fingerprint density at radius 1 is 1.28 bits per heavy atom. The van der Waals surface area contributed by atoms with Crippen molar-refractivity contribution in [3.05, 3.63) is 27.8 Å². The molecular formula is C12H17IN2O2S. The molecule has 0 aliphatic carbocycles. The van der Waals surface area contributed by atoms with E-state index in [4.69, 9.17) is 0 Å². The van der Waals surface area contributed by atoms with Crippen molar-refractivity contribution in [2.75, 3.05) is 23.6 Å². The highest BCUT2D eigenvalue weighted by atomic mass is 127. The van der Waals surface area contributed by atoms with E-state index in [0.717, 1.165) is 29.5 Å². The summed E-state index contributed by atoms with van der Waals surface area (Å²) in [5.41, 5.74) is 0.673. The number of para-hydroxylation sites is 1. The summed E-state index contributed by atoms with van der Waals surface area (Å²) in [6.45, 7) is 1.84. The van der Waals surface area contributed by atoms with Gasteiger partial charge in [-0.3, -0.25) is 4.72 Å². The molecule has 6 heteroatoms. The molecule has 0 saturated carbocycles. The topological polar surface area (TPSA) is 58.2 Å². The van der Waals surface area contributed by atoms with Gasteiger partial charge in [0.2, 0.25) is 10.0 Å². The first kappa shape index (κ1) is 14.1. The van der Waals surface area contributed by atoms with E-state index in [1.807, 2.05) is 18.2 Å². The number of sulfonamides is 1. The third-order valence-electron chi connectivity index (χ3n) is 3.05. The van der Waals surface area contributed by atoms with Crippen LogP contribution in [0.1, 0.15) is 12.8 Å². The molecule has 0 spiro atoms. The lowest BCUT2D eigenvalue weighted by Gasteiger charge is -2.22. The van der Waals surface area contributed by atoms with Gasteiger partial charge in [0.05, 0.1) is 11.4 Å². The van der Waals surface area contributed by atoms with Crippen molar-refractivity contribution in [1.82, 2.24) is 5.32 Å². The van der Waals surface area contributed by atoms with Crippen molar-refractivity contribution in [2.24, 2.45) is 5.92 Å². The maximum Gasteiger partial charge on any atom is 0.233 e. The van der Waals surface area contributed by atoms with Gasteiger partial charge in [-0.05, 0) is 66.6 Å². The lowest BCUT2D eigenvalue weighted by Crippen LogP contribution is -2.33. The highest BCUT2D eigenvalue weighted by molar-refractivity contribution is 14.1. The number of hydrogen-bond acceptors (Lipinski definition) is 3. The number of nitrogens with one attached hydrogen (secondary N) is 2. The number of piperidine rings is 1. The lowest BCUT2D eigenvalue weighted by atomic mass is 10.0. The standard InChI is InChI=1S/C12H17IN2O2S/c13-11-3-1-2-4-12(11)15-18(16,17)9-10-5-7-14-8-6-10/h1-4,10,14-15H,5-9H2. The molecule has 0 bridgehead atoms. The molecule has 4 nitrogen and oxygen atoms in total. The molecule has 1 saturated heterocycles. The van der Waals surface area contributed by atoms with Gasteiger partial charge in [-0.2, -0.15) is 0 Å². The molecule has 0 radical (unpaired) electrons. The van der Waals surface area contributed by atoms with E-state index in [9.17, 15) is 8.42 Å². The Balaban J connectivity index is 2.01. The van der Waals surface area contributed by atoms with Gasteiger partial charge in [0.25, 0.3) is 0 Å². The van der Waals surface area contributed by atoms with E-state index in [1.54, 1.807) is 6.07 Å². The van der Waals surface area contributed by atoms with Crippen LogP contribution in [0.25, 0.3) is 0 Å². The molecule has 1 fully saturated rings. The van der Waals surface area contributed by atoms with E-state index in [1.165, 1.54) is 0 Å². The zero-order chi connectivity index (χ0) is 13.0. The predicted molar refractivity (Wildman–Crippen MR) is 82.2 cm³/mol. The Morgan fingerprint density at radius 3 is 2.61 bits per heavy atom. The number of anilines is 1. The van der Waals surface area contributed by atoms with Crippen molar-refractivity contribution >= 4 is 38.3 Å². The van der Waals surface area contributed by atoms with Crippen LogP contribution in [0.3, 0.4) is 0 Å². The highest BCUT2D eigenvalue weighted by Gasteiger charge is 2.21. The number of halogens is 1. The third kappa shape index (κ3) is 4.10. The van der Waals surface area contributed by atoms with Gasteiger partial charge in [-0.25, -0.2) is 8.42 Å². The third-order valence-corrected chi connectivity index (χ3v) is 5.43. The number of hydrogen-bond donors (Lipinski definition) is 2. The first-order valence-electron chi connectivity index (χ1n) is 6.02. The molecule has 0 aromatic heterocycles. The minimum Gasteiger partial charge on any atom is -0.317 e. The maximum atomic E-state index is 12.1. The SMILES string of the molecule is O=S(=O)(CC1CCNCC1)Nc1ccccc1I. The van der Waals surface area contributed by atoms with E-state index in [2.05, 4.69) is 32.6 Å². The molecule has 0 unspecified atom stereocenters. The monoisotopic (exact) mass is 380 g/mol. The average molecular weight is 380 g/mol. The molecule has 1 aromatic rings. The summed E-state index contributed by atoms with van der Waals surface area (Å²) in [5.74, 6) is 0.491. The Labute approximate surface area is 122 Å². The minimum atomic E-state index is -3.24. The average Bonchev–Trinajstić information content (AvgIpc) is 2.32.